The number of aryl methyl sites for hydroxylation is 2. The van der Waals surface area contributed by atoms with E-state index in [4.69, 9.17) is 5.73 Å². The smallest absolute Gasteiger partial charge is 0.243 e. The average molecular weight is 378 g/mol. The lowest BCUT2D eigenvalue weighted by molar-refractivity contribution is -0.138. The Balaban J connectivity index is 1.45. The third-order valence-electron chi connectivity index (χ3n) is 6.16. The molecule has 2 aliphatic carbocycles. The number of nitrogens with two attached hydrogens (primary N) is 1. The standard InChI is InChI=1S/C19H27N3O3S/c20-19(8-1-2-9-19)18(23)21-10-12-22(13-11-21)26(24,25)17-7-6-15-4-3-5-16(15)14-17/h6-7,14H,1-5,8-13,20H2. The number of carbonyl (C=O) groups is 1. The highest BCUT2D eigenvalue weighted by Crippen LogP contribution is 2.30. The van der Waals surface area contributed by atoms with Gasteiger partial charge in [-0.15, -0.1) is 0 Å². The number of rotatable bonds is 3. The predicted octanol–water partition coefficient (Wildman–Crippen LogP) is 1.28. The first-order valence-electron chi connectivity index (χ1n) is 9.60. The van der Waals surface area contributed by atoms with Crippen LogP contribution in [-0.4, -0.2) is 55.2 Å². The fourth-order valence-electron chi connectivity index (χ4n) is 4.52. The van der Waals surface area contributed by atoms with Crippen LogP contribution in [0.3, 0.4) is 0 Å². The lowest BCUT2D eigenvalue weighted by atomic mass is 9.97. The SMILES string of the molecule is NC1(C(=O)N2CCN(S(=O)(=O)c3ccc4c(c3)CCC4)CC2)CCCC1. The molecule has 4 rings (SSSR count). The molecule has 0 bridgehead atoms. The average Bonchev–Trinajstić information content (AvgIpc) is 3.30. The van der Waals surface area contributed by atoms with Crippen LogP contribution in [0.25, 0.3) is 0 Å². The normalized spacial score (nSPS) is 23.2. The number of carbonyl (C=O) groups excluding carboxylic acids is 1. The molecule has 7 heteroatoms. The van der Waals surface area contributed by atoms with E-state index in [0.29, 0.717) is 31.1 Å². The van der Waals surface area contributed by atoms with Gasteiger partial charge in [0.2, 0.25) is 15.9 Å². The Labute approximate surface area is 155 Å². The molecule has 1 saturated heterocycles. The van der Waals surface area contributed by atoms with Crippen molar-refractivity contribution in [3.63, 3.8) is 0 Å². The molecule has 1 heterocycles. The maximum Gasteiger partial charge on any atom is 0.243 e. The molecule has 1 aliphatic heterocycles. The molecule has 0 spiro atoms. The van der Waals surface area contributed by atoms with Crippen LogP contribution in [0.15, 0.2) is 23.1 Å². The number of hydrogen-bond donors (Lipinski definition) is 1. The Morgan fingerprint density at radius 1 is 0.962 bits per heavy atom. The van der Waals surface area contributed by atoms with Crippen LogP contribution < -0.4 is 5.73 Å². The van der Waals surface area contributed by atoms with E-state index >= 15 is 0 Å². The summed E-state index contributed by atoms with van der Waals surface area (Å²) in [6, 6.07) is 5.51. The van der Waals surface area contributed by atoms with Crippen molar-refractivity contribution in [1.29, 1.82) is 0 Å². The molecule has 142 valence electrons. The summed E-state index contributed by atoms with van der Waals surface area (Å²) < 4.78 is 27.5. The number of benzene rings is 1. The molecule has 1 aromatic carbocycles. The van der Waals surface area contributed by atoms with Crippen LogP contribution in [0.2, 0.25) is 0 Å². The van der Waals surface area contributed by atoms with Crippen LogP contribution in [0.1, 0.15) is 43.2 Å². The molecule has 0 unspecified atom stereocenters. The van der Waals surface area contributed by atoms with E-state index in [1.54, 1.807) is 11.0 Å². The zero-order valence-corrected chi connectivity index (χ0v) is 15.9. The van der Waals surface area contributed by atoms with Crippen LogP contribution in [0.4, 0.5) is 0 Å². The molecule has 6 nitrogen and oxygen atoms in total. The van der Waals surface area contributed by atoms with Crippen LogP contribution >= 0.6 is 0 Å². The first-order chi connectivity index (χ1) is 12.4. The van der Waals surface area contributed by atoms with Gasteiger partial charge in [-0.05, 0) is 55.4 Å². The van der Waals surface area contributed by atoms with Crippen molar-refractivity contribution in [3.05, 3.63) is 29.3 Å². The Morgan fingerprint density at radius 3 is 2.31 bits per heavy atom. The first kappa shape index (κ1) is 17.9. The van der Waals surface area contributed by atoms with E-state index in [0.717, 1.165) is 50.5 Å². The highest BCUT2D eigenvalue weighted by atomic mass is 32.2. The van der Waals surface area contributed by atoms with Crippen molar-refractivity contribution in [2.75, 3.05) is 26.2 Å². The van der Waals surface area contributed by atoms with Crippen LogP contribution in [0.5, 0.6) is 0 Å². The zero-order chi connectivity index (χ0) is 18.4. The molecule has 1 amide bonds. The molecule has 0 aromatic heterocycles. The summed E-state index contributed by atoms with van der Waals surface area (Å²) in [5.41, 5.74) is 7.97. The van der Waals surface area contributed by atoms with E-state index in [1.165, 1.54) is 9.87 Å². The Morgan fingerprint density at radius 2 is 1.62 bits per heavy atom. The second kappa shape index (κ2) is 6.62. The summed E-state index contributed by atoms with van der Waals surface area (Å²) in [4.78, 5) is 14.8. The summed E-state index contributed by atoms with van der Waals surface area (Å²) in [6.07, 6.45) is 6.56. The van der Waals surface area contributed by atoms with E-state index in [1.807, 2.05) is 12.1 Å². The van der Waals surface area contributed by atoms with Gasteiger partial charge in [0, 0.05) is 26.2 Å². The summed E-state index contributed by atoms with van der Waals surface area (Å²) in [6.45, 7) is 1.51. The lowest BCUT2D eigenvalue weighted by Gasteiger charge is -2.37. The number of amides is 1. The number of hydrogen-bond acceptors (Lipinski definition) is 4. The number of nitrogens with zero attached hydrogens (tertiary/aromatic N) is 2. The summed E-state index contributed by atoms with van der Waals surface area (Å²) >= 11 is 0. The summed E-state index contributed by atoms with van der Waals surface area (Å²) in [7, 11) is -3.50. The minimum absolute atomic E-state index is 0.00965. The van der Waals surface area contributed by atoms with Gasteiger partial charge in [-0.3, -0.25) is 4.79 Å². The predicted molar refractivity (Wildman–Crippen MR) is 99.2 cm³/mol. The molecule has 2 fully saturated rings. The highest BCUT2D eigenvalue weighted by Gasteiger charge is 2.41. The molecule has 2 N–H and O–H groups in total. The second-order valence-corrected chi connectivity index (χ2v) is 9.78. The van der Waals surface area contributed by atoms with Gasteiger partial charge >= 0.3 is 0 Å². The Kier molecular flexibility index (Phi) is 4.57. The largest absolute Gasteiger partial charge is 0.338 e. The molecule has 3 aliphatic rings. The lowest BCUT2D eigenvalue weighted by Crippen LogP contribution is -2.59. The van der Waals surface area contributed by atoms with Gasteiger partial charge in [-0.2, -0.15) is 4.31 Å². The third kappa shape index (κ3) is 3.06. The molecule has 1 saturated carbocycles. The maximum absolute atomic E-state index is 13.0. The van der Waals surface area contributed by atoms with Gasteiger partial charge in [0.15, 0.2) is 0 Å². The summed E-state index contributed by atoms with van der Waals surface area (Å²) in [5, 5.41) is 0. The quantitative estimate of drug-likeness (QED) is 0.860. The molecule has 0 radical (unpaired) electrons. The maximum atomic E-state index is 13.0. The fourth-order valence-corrected chi connectivity index (χ4v) is 6.00. The van der Waals surface area contributed by atoms with Gasteiger partial charge in [0.05, 0.1) is 10.4 Å². The molecular formula is C19H27N3O3S. The molecular weight excluding hydrogens is 350 g/mol. The third-order valence-corrected chi connectivity index (χ3v) is 8.05. The van der Waals surface area contributed by atoms with Crippen molar-refractivity contribution < 1.29 is 13.2 Å². The topological polar surface area (TPSA) is 83.7 Å². The summed E-state index contributed by atoms with van der Waals surface area (Å²) in [5.74, 6) is -0.00965. The van der Waals surface area contributed by atoms with E-state index in [-0.39, 0.29) is 5.91 Å². The minimum atomic E-state index is -3.50. The van der Waals surface area contributed by atoms with Crippen molar-refractivity contribution in [2.24, 2.45) is 5.73 Å². The molecule has 0 atom stereocenters. The zero-order valence-electron chi connectivity index (χ0n) is 15.1. The minimum Gasteiger partial charge on any atom is -0.338 e. The Bertz CT molecular complexity index is 807. The Hall–Kier alpha value is -1.44. The van der Waals surface area contributed by atoms with Crippen molar-refractivity contribution in [3.8, 4) is 0 Å². The highest BCUT2D eigenvalue weighted by molar-refractivity contribution is 7.89. The van der Waals surface area contributed by atoms with Crippen LogP contribution in [0, 0.1) is 0 Å². The number of piperazine rings is 1. The second-order valence-electron chi connectivity index (χ2n) is 7.84. The van der Waals surface area contributed by atoms with E-state index < -0.39 is 15.6 Å². The first-order valence-corrected chi connectivity index (χ1v) is 11.0. The number of fused-ring (bicyclic) bond motifs is 1. The van der Waals surface area contributed by atoms with E-state index in [9.17, 15) is 13.2 Å². The van der Waals surface area contributed by atoms with Crippen molar-refractivity contribution in [2.45, 2.75) is 55.4 Å². The van der Waals surface area contributed by atoms with Gasteiger partial charge in [0.25, 0.3) is 0 Å². The number of sulfonamides is 1. The van der Waals surface area contributed by atoms with Crippen molar-refractivity contribution >= 4 is 15.9 Å². The fraction of sp³-hybridized carbons (Fsp3) is 0.632. The monoisotopic (exact) mass is 377 g/mol. The van der Waals surface area contributed by atoms with Crippen LogP contribution in [-0.2, 0) is 27.7 Å². The van der Waals surface area contributed by atoms with Gasteiger partial charge in [0.1, 0.15) is 0 Å². The van der Waals surface area contributed by atoms with Gasteiger partial charge in [-0.1, -0.05) is 18.9 Å². The van der Waals surface area contributed by atoms with Crippen molar-refractivity contribution in [1.82, 2.24) is 9.21 Å². The van der Waals surface area contributed by atoms with E-state index in [2.05, 4.69) is 0 Å². The molecule has 26 heavy (non-hydrogen) atoms. The van der Waals surface area contributed by atoms with Gasteiger partial charge < -0.3 is 10.6 Å². The van der Waals surface area contributed by atoms with Gasteiger partial charge in [-0.25, -0.2) is 8.42 Å². The molecule has 1 aromatic rings.